The first-order valence-electron chi connectivity index (χ1n) is 17.8. The molecule has 0 bridgehead atoms. The van der Waals surface area contributed by atoms with Gasteiger partial charge in [-0.15, -0.1) is 0 Å². The molecule has 5 rings (SSSR count). The first-order valence-corrected chi connectivity index (χ1v) is 19.3. The van der Waals surface area contributed by atoms with Crippen LogP contribution in [0, 0.1) is 21.7 Å². The zero-order chi connectivity index (χ0) is 39.6. The summed E-state index contributed by atoms with van der Waals surface area (Å²) >= 11 is 26.5. The molecule has 0 N–H and O–H groups in total. The van der Waals surface area contributed by atoms with Gasteiger partial charge in [-0.25, -0.2) is 0 Å². The van der Waals surface area contributed by atoms with E-state index in [1.54, 1.807) is 12.1 Å². The lowest BCUT2D eigenvalue weighted by atomic mass is 9.71. The number of furan rings is 1. The molecule has 7 heteroatoms. The molecule has 3 aromatic rings. The van der Waals surface area contributed by atoms with Crippen molar-refractivity contribution < 1.29 is 14.0 Å². The quantitative estimate of drug-likeness (QED) is 0.264. The predicted octanol–water partition coefficient (Wildman–Crippen LogP) is 14.6. The highest BCUT2D eigenvalue weighted by molar-refractivity contribution is 6.35. The lowest BCUT2D eigenvalue weighted by Gasteiger charge is -2.32. The number of hydrogen-bond acceptors (Lipinski definition) is 3. The lowest BCUT2D eigenvalue weighted by Crippen LogP contribution is -2.28. The van der Waals surface area contributed by atoms with Gasteiger partial charge in [0, 0.05) is 53.5 Å². The molecule has 1 aromatic heterocycles. The molecule has 1 heterocycles. The Morgan fingerprint density at radius 2 is 0.679 bits per heavy atom. The van der Waals surface area contributed by atoms with E-state index in [0.29, 0.717) is 53.9 Å². The van der Waals surface area contributed by atoms with E-state index in [1.165, 1.54) is 0 Å². The van der Waals surface area contributed by atoms with Crippen molar-refractivity contribution in [2.24, 2.45) is 21.7 Å². The van der Waals surface area contributed by atoms with Gasteiger partial charge in [-0.3, -0.25) is 9.59 Å². The molecule has 0 spiro atoms. The van der Waals surface area contributed by atoms with E-state index in [0.717, 1.165) is 33.4 Å². The molecule has 2 aliphatic rings. The van der Waals surface area contributed by atoms with Crippen molar-refractivity contribution in [2.75, 3.05) is 0 Å². The van der Waals surface area contributed by atoms with Crippen LogP contribution in [0.2, 0.25) is 20.1 Å². The van der Waals surface area contributed by atoms with Crippen molar-refractivity contribution in [3.63, 3.8) is 0 Å². The molecule has 0 saturated heterocycles. The van der Waals surface area contributed by atoms with Gasteiger partial charge in [0.05, 0.1) is 0 Å². The van der Waals surface area contributed by atoms with Gasteiger partial charge in [-0.1, -0.05) is 129 Å². The van der Waals surface area contributed by atoms with E-state index < -0.39 is 21.7 Å². The van der Waals surface area contributed by atoms with Crippen molar-refractivity contribution >= 4 is 69.1 Å². The van der Waals surface area contributed by atoms with Crippen LogP contribution in [0.1, 0.15) is 106 Å². The summed E-state index contributed by atoms with van der Waals surface area (Å²) in [5.74, 6) is 1.12. The molecule has 278 valence electrons. The first-order chi connectivity index (χ1) is 24.3. The highest BCUT2D eigenvalue weighted by Crippen LogP contribution is 2.46. The third kappa shape index (κ3) is 8.81. The Kier molecular flexibility index (Phi) is 11.1. The molecule has 0 unspecified atom stereocenters. The summed E-state index contributed by atoms with van der Waals surface area (Å²) in [6, 6.07) is 14.6. The van der Waals surface area contributed by atoms with Crippen molar-refractivity contribution in [3.8, 4) is 0 Å². The third-order valence-corrected chi connectivity index (χ3v) is 10.3. The summed E-state index contributed by atoms with van der Waals surface area (Å²) in [4.78, 5) is 28.0. The maximum Gasteiger partial charge on any atom is 0.186 e. The van der Waals surface area contributed by atoms with E-state index in [1.807, 2.05) is 144 Å². The minimum Gasteiger partial charge on any atom is -0.456 e. The van der Waals surface area contributed by atoms with Crippen LogP contribution < -0.4 is 0 Å². The highest BCUT2D eigenvalue weighted by atomic mass is 35.5. The van der Waals surface area contributed by atoms with Crippen LogP contribution in [0.25, 0.3) is 11.1 Å². The Morgan fingerprint density at radius 1 is 0.434 bits per heavy atom. The number of benzene rings is 2. The molecule has 0 atom stereocenters. The SMILES string of the molecule is CC(C)(C)C1=CC(=C(c2cc(Cl)cc(Cl)c2)c2ccc(C(=C3C=C(C(C)(C)C)C(=O)C(C(C)(C)C)=C3)c3cc(Cl)cc(Cl)c3)o2)C=C(C(C)(C)C)C1=O. The van der Waals surface area contributed by atoms with Crippen LogP contribution in [-0.2, 0) is 9.59 Å². The van der Waals surface area contributed by atoms with Crippen molar-refractivity contribution in [1.82, 2.24) is 0 Å². The van der Waals surface area contributed by atoms with Gasteiger partial charge in [0.2, 0.25) is 0 Å². The monoisotopic (exact) mass is 788 g/mol. The minimum absolute atomic E-state index is 0.0249. The Labute approximate surface area is 335 Å². The number of hydrogen-bond donors (Lipinski definition) is 0. The molecular formula is C46H48Cl4O3. The van der Waals surface area contributed by atoms with Crippen molar-refractivity contribution in [1.29, 1.82) is 0 Å². The molecule has 2 aromatic carbocycles. The fourth-order valence-electron chi connectivity index (χ4n) is 6.68. The Hall–Kier alpha value is -3.34. The van der Waals surface area contributed by atoms with Gasteiger partial charge in [0.1, 0.15) is 11.5 Å². The minimum atomic E-state index is -0.436. The summed E-state index contributed by atoms with van der Waals surface area (Å²) in [5, 5.41) is 1.86. The van der Waals surface area contributed by atoms with Gasteiger partial charge >= 0.3 is 0 Å². The average Bonchev–Trinajstić information content (AvgIpc) is 3.44. The Morgan fingerprint density at radius 3 is 0.906 bits per heavy atom. The molecule has 2 aliphatic carbocycles. The zero-order valence-corrected chi connectivity index (χ0v) is 35.7. The van der Waals surface area contributed by atoms with Crippen LogP contribution in [0.3, 0.4) is 0 Å². The summed E-state index contributed by atoms with van der Waals surface area (Å²) in [5.41, 5.74) is 5.54. The van der Waals surface area contributed by atoms with Crippen molar-refractivity contribution in [2.45, 2.75) is 83.1 Å². The molecule has 0 aliphatic heterocycles. The van der Waals surface area contributed by atoms with Gasteiger partial charge in [0.15, 0.2) is 11.6 Å². The van der Waals surface area contributed by atoms with Crippen LogP contribution in [-0.4, -0.2) is 11.6 Å². The topological polar surface area (TPSA) is 47.3 Å². The van der Waals surface area contributed by atoms with E-state index in [2.05, 4.69) is 0 Å². The average molecular weight is 791 g/mol. The largest absolute Gasteiger partial charge is 0.456 e. The van der Waals surface area contributed by atoms with Crippen molar-refractivity contribution in [3.05, 3.63) is 149 Å². The second-order valence-electron chi connectivity index (χ2n) is 18.0. The molecule has 0 fully saturated rings. The summed E-state index contributed by atoms with van der Waals surface area (Å²) < 4.78 is 6.94. The van der Waals surface area contributed by atoms with E-state index in [4.69, 9.17) is 50.8 Å². The number of allylic oxidation sites excluding steroid dienone is 10. The Balaban J connectivity index is 1.92. The van der Waals surface area contributed by atoms with Gasteiger partial charge in [-0.2, -0.15) is 0 Å². The second kappa shape index (κ2) is 14.4. The number of Topliss-reactive ketones (excluding diaryl/α,β-unsaturated/α-hetero) is 2. The van der Waals surface area contributed by atoms with E-state index >= 15 is 0 Å². The molecule has 0 saturated carbocycles. The van der Waals surface area contributed by atoms with Crippen LogP contribution in [0.4, 0.5) is 0 Å². The van der Waals surface area contributed by atoms with Crippen LogP contribution in [0.15, 0.2) is 111 Å². The standard InChI is InChI=1S/C46H48Cl4O3/c1-43(2,3)33-19-27(20-34(41(33)51)44(4,5)6)39(25-15-29(47)23-30(48)16-25)37-13-14-38(53-37)40(26-17-31(49)24-32(50)18-26)28-21-35(45(7,8)9)42(52)36(22-28)46(10,11)12/h13-24H,1-12H3. The maximum atomic E-state index is 14.0. The second-order valence-corrected chi connectivity index (χ2v) is 19.8. The smallest absolute Gasteiger partial charge is 0.186 e. The van der Waals surface area contributed by atoms with Crippen LogP contribution in [0.5, 0.6) is 0 Å². The molecule has 0 radical (unpaired) electrons. The number of ketones is 2. The molecule has 3 nitrogen and oxygen atoms in total. The normalized spacial score (nSPS) is 16.0. The Bertz CT molecular complexity index is 1950. The zero-order valence-electron chi connectivity index (χ0n) is 32.7. The molecule has 0 amide bonds. The molecule has 53 heavy (non-hydrogen) atoms. The van der Waals surface area contributed by atoms with E-state index in [-0.39, 0.29) is 11.6 Å². The predicted molar refractivity (Wildman–Crippen MR) is 224 cm³/mol. The fourth-order valence-corrected chi connectivity index (χ4v) is 7.73. The fraction of sp³-hybridized carbons (Fsp3) is 0.348. The summed E-state index contributed by atoms with van der Waals surface area (Å²) in [6.07, 6.45) is 7.85. The number of carbonyl (C=O) groups is 2. The summed E-state index contributed by atoms with van der Waals surface area (Å²) in [7, 11) is 0. The third-order valence-electron chi connectivity index (χ3n) is 9.39. The first kappa shape index (κ1) is 40.8. The lowest BCUT2D eigenvalue weighted by molar-refractivity contribution is -0.114. The number of halogens is 4. The number of rotatable bonds is 4. The maximum absolute atomic E-state index is 14.0. The van der Waals surface area contributed by atoms with Gasteiger partial charge in [0.25, 0.3) is 0 Å². The van der Waals surface area contributed by atoms with Gasteiger partial charge < -0.3 is 4.42 Å². The molecular weight excluding hydrogens is 742 g/mol. The highest BCUT2D eigenvalue weighted by Gasteiger charge is 2.37. The van der Waals surface area contributed by atoms with Gasteiger partial charge in [-0.05, 0) is 117 Å². The van der Waals surface area contributed by atoms with Crippen LogP contribution >= 0.6 is 46.4 Å². The number of carbonyl (C=O) groups excluding carboxylic acids is 2. The van der Waals surface area contributed by atoms with E-state index in [9.17, 15) is 9.59 Å². The summed E-state index contributed by atoms with van der Waals surface area (Å²) in [6.45, 7) is 24.5.